The predicted molar refractivity (Wildman–Crippen MR) is 92.4 cm³/mol. The standard InChI is InChI=1S/C19H24N2O4/c20-15-24-13-7-9-17(14-21-16-22)8-3-1-6-12-19(23)25-18-10-4-2-5-11-18/h2,4-5,10-11,17H,1,3,6-9,12-14H2. The normalized spacial score (nSPS) is 11.0. The Morgan fingerprint density at radius 2 is 1.88 bits per heavy atom. The van der Waals surface area contributed by atoms with Crippen LogP contribution >= 0.6 is 0 Å². The van der Waals surface area contributed by atoms with Gasteiger partial charge in [0.25, 0.3) is 6.26 Å². The highest BCUT2D eigenvalue weighted by molar-refractivity contribution is 5.72. The fourth-order valence-corrected chi connectivity index (χ4v) is 2.53. The number of hydrogen-bond acceptors (Lipinski definition) is 6. The van der Waals surface area contributed by atoms with E-state index in [1.54, 1.807) is 24.5 Å². The predicted octanol–water partition coefficient (Wildman–Crippen LogP) is 3.77. The van der Waals surface area contributed by atoms with Gasteiger partial charge in [0.2, 0.25) is 6.08 Å². The Hall–Kier alpha value is -2.64. The molecule has 6 nitrogen and oxygen atoms in total. The fourth-order valence-electron chi connectivity index (χ4n) is 2.53. The van der Waals surface area contributed by atoms with Crippen LogP contribution < -0.4 is 4.74 Å². The van der Waals surface area contributed by atoms with E-state index in [-0.39, 0.29) is 11.9 Å². The van der Waals surface area contributed by atoms with Crippen LogP contribution in [0.4, 0.5) is 0 Å². The van der Waals surface area contributed by atoms with Crippen molar-refractivity contribution in [3.8, 4) is 12.0 Å². The van der Waals surface area contributed by atoms with Crippen LogP contribution in [-0.2, 0) is 14.3 Å². The van der Waals surface area contributed by atoms with Crippen molar-refractivity contribution < 1.29 is 19.1 Å². The lowest BCUT2D eigenvalue weighted by Crippen LogP contribution is -2.08. The number of carbonyl (C=O) groups excluding carboxylic acids is 2. The molecule has 134 valence electrons. The van der Waals surface area contributed by atoms with Crippen LogP contribution in [0.2, 0.25) is 0 Å². The molecular formula is C19H24N2O4. The van der Waals surface area contributed by atoms with Gasteiger partial charge >= 0.3 is 5.97 Å². The molecule has 0 aliphatic heterocycles. The molecule has 0 aliphatic carbocycles. The molecule has 1 aromatic carbocycles. The van der Waals surface area contributed by atoms with E-state index in [9.17, 15) is 9.59 Å². The average Bonchev–Trinajstić information content (AvgIpc) is 2.63. The highest BCUT2D eigenvalue weighted by atomic mass is 16.5. The summed E-state index contributed by atoms with van der Waals surface area (Å²) >= 11 is 0. The first kappa shape index (κ1) is 20.4. The minimum Gasteiger partial charge on any atom is -0.428 e. The van der Waals surface area contributed by atoms with Gasteiger partial charge in [-0.3, -0.25) is 4.79 Å². The lowest BCUT2D eigenvalue weighted by atomic mass is 9.96. The molecule has 0 saturated carbocycles. The fraction of sp³-hybridized carbons (Fsp3) is 0.526. The smallest absolute Gasteiger partial charge is 0.311 e. The lowest BCUT2D eigenvalue weighted by Gasteiger charge is -2.13. The molecular weight excluding hydrogens is 320 g/mol. The zero-order valence-corrected chi connectivity index (χ0v) is 14.4. The van der Waals surface area contributed by atoms with E-state index in [0.717, 1.165) is 38.5 Å². The SMILES string of the molecule is N#COCCCC(CCCCCC(=O)Oc1ccccc1)CN=C=O. The molecule has 0 aromatic heterocycles. The van der Waals surface area contributed by atoms with Crippen molar-refractivity contribution in [2.75, 3.05) is 13.2 Å². The maximum absolute atomic E-state index is 11.7. The average molecular weight is 344 g/mol. The number of rotatable bonds is 13. The molecule has 0 spiro atoms. The summed E-state index contributed by atoms with van der Waals surface area (Å²) in [6, 6.07) is 9.03. The van der Waals surface area contributed by atoms with E-state index in [2.05, 4.69) is 9.73 Å². The highest BCUT2D eigenvalue weighted by Crippen LogP contribution is 2.17. The number of para-hydroxylation sites is 1. The van der Waals surface area contributed by atoms with E-state index in [1.807, 2.05) is 18.2 Å². The number of nitriles is 1. The number of esters is 1. The van der Waals surface area contributed by atoms with Gasteiger partial charge < -0.3 is 9.47 Å². The van der Waals surface area contributed by atoms with Crippen LogP contribution in [0.3, 0.4) is 0 Å². The Kier molecular flexibility index (Phi) is 11.2. The third kappa shape index (κ3) is 10.7. The molecule has 0 radical (unpaired) electrons. The van der Waals surface area contributed by atoms with Gasteiger partial charge in [-0.15, -0.1) is 0 Å². The molecule has 0 heterocycles. The number of aliphatic imine (C=N–C) groups is 1. The van der Waals surface area contributed by atoms with Crippen LogP contribution in [-0.4, -0.2) is 25.2 Å². The van der Waals surface area contributed by atoms with Crippen molar-refractivity contribution in [3.63, 3.8) is 0 Å². The Balaban J connectivity index is 2.16. The third-order valence-electron chi connectivity index (χ3n) is 3.81. The molecule has 25 heavy (non-hydrogen) atoms. The third-order valence-corrected chi connectivity index (χ3v) is 3.81. The summed E-state index contributed by atoms with van der Waals surface area (Å²) in [4.78, 5) is 25.7. The van der Waals surface area contributed by atoms with Crippen molar-refractivity contribution in [2.24, 2.45) is 10.9 Å². The molecule has 1 unspecified atom stereocenters. The van der Waals surface area contributed by atoms with Gasteiger partial charge in [0.1, 0.15) is 12.4 Å². The number of nitrogens with zero attached hydrogens (tertiary/aromatic N) is 2. The minimum absolute atomic E-state index is 0.220. The number of isocyanates is 1. The van der Waals surface area contributed by atoms with Crippen LogP contribution in [0.5, 0.6) is 5.75 Å². The topological polar surface area (TPSA) is 88.8 Å². The summed E-state index contributed by atoms with van der Waals surface area (Å²) in [5, 5.41) is 8.33. The second-order valence-corrected chi connectivity index (χ2v) is 5.77. The van der Waals surface area contributed by atoms with E-state index in [1.165, 1.54) is 0 Å². The van der Waals surface area contributed by atoms with Crippen molar-refractivity contribution >= 4 is 12.0 Å². The van der Waals surface area contributed by atoms with Crippen molar-refractivity contribution in [2.45, 2.75) is 44.9 Å². The van der Waals surface area contributed by atoms with Gasteiger partial charge in [-0.25, -0.2) is 9.79 Å². The van der Waals surface area contributed by atoms with E-state index < -0.39 is 0 Å². The van der Waals surface area contributed by atoms with E-state index in [4.69, 9.17) is 10.00 Å². The molecule has 6 heteroatoms. The summed E-state index contributed by atoms with van der Waals surface area (Å²) < 4.78 is 9.89. The van der Waals surface area contributed by atoms with Gasteiger partial charge in [-0.1, -0.05) is 31.0 Å². The second-order valence-electron chi connectivity index (χ2n) is 5.77. The summed E-state index contributed by atoms with van der Waals surface area (Å²) in [7, 11) is 0. The van der Waals surface area contributed by atoms with Crippen LogP contribution in [0.25, 0.3) is 0 Å². The largest absolute Gasteiger partial charge is 0.428 e. The number of ether oxygens (including phenoxy) is 2. The maximum Gasteiger partial charge on any atom is 0.311 e. The molecule has 0 bridgehead atoms. The summed E-state index contributed by atoms with van der Waals surface area (Å²) in [5.74, 6) is 0.626. The van der Waals surface area contributed by atoms with Gasteiger partial charge in [0, 0.05) is 6.42 Å². The van der Waals surface area contributed by atoms with Crippen LogP contribution in [0, 0.1) is 17.4 Å². The summed E-state index contributed by atoms with van der Waals surface area (Å²) in [5.41, 5.74) is 0. The summed E-state index contributed by atoms with van der Waals surface area (Å²) in [6.07, 6.45) is 8.78. The quantitative estimate of drug-likeness (QED) is 0.136. The first-order valence-corrected chi connectivity index (χ1v) is 8.56. The van der Waals surface area contributed by atoms with Gasteiger partial charge in [0.05, 0.1) is 6.54 Å². The minimum atomic E-state index is -0.220. The van der Waals surface area contributed by atoms with Crippen LogP contribution in [0.15, 0.2) is 35.3 Å². The summed E-state index contributed by atoms with van der Waals surface area (Å²) in [6.45, 7) is 0.842. The Labute approximate surface area is 148 Å². The first-order chi connectivity index (χ1) is 12.3. The number of carbonyl (C=O) groups is 1. The Morgan fingerprint density at radius 1 is 1.12 bits per heavy atom. The molecule has 1 aromatic rings. The lowest BCUT2D eigenvalue weighted by molar-refractivity contribution is -0.134. The van der Waals surface area contributed by atoms with Crippen LogP contribution in [0.1, 0.15) is 44.9 Å². The Bertz CT molecular complexity index is 577. The zero-order chi connectivity index (χ0) is 18.2. The number of hydrogen-bond donors (Lipinski definition) is 0. The van der Waals surface area contributed by atoms with Crippen molar-refractivity contribution in [1.82, 2.24) is 0 Å². The van der Waals surface area contributed by atoms with Gasteiger partial charge in [-0.05, 0) is 43.7 Å². The monoisotopic (exact) mass is 344 g/mol. The van der Waals surface area contributed by atoms with Crippen molar-refractivity contribution in [3.05, 3.63) is 30.3 Å². The van der Waals surface area contributed by atoms with Crippen molar-refractivity contribution in [1.29, 1.82) is 5.26 Å². The molecule has 1 rings (SSSR count). The maximum atomic E-state index is 11.7. The number of benzene rings is 1. The van der Waals surface area contributed by atoms with E-state index in [0.29, 0.717) is 25.3 Å². The molecule has 1 atom stereocenters. The van der Waals surface area contributed by atoms with E-state index >= 15 is 0 Å². The Morgan fingerprint density at radius 3 is 2.60 bits per heavy atom. The zero-order valence-electron chi connectivity index (χ0n) is 14.4. The first-order valence-electron chi connectivity index (χ1n) is 8.56. The van der Waals surface area contributed by atoms with Gasteiger partial charge in [-0.2, -0.15) is 5.26 Å². The molecule has 0 fully saturated rings. The molecule has 0 saturated heterocycles. The molecule has 0 amide bonds. The number of unbranched alkanes of at least 4 members (excludes halogenated alkanes) is 2. The highest BCUT2D eigenvalue weighted by Gasteiger charge is 2.09. The molecule has 0 N–H and O–H groups in total. The second kappa shape index (κ2) is 13.8. The van der Waals surface area contributed by atoms with Gasteiger partial charge in [0.15, 0.2) is 0 Å². The molecule has 0 aliphatic rings.